The Kier molecular flexibility index (Phi) is 5.65. The molecule has 0 fully saturated rings. The highest BCUT2D eigenvalue weighted by molar-refractivity contribution is 7.80. The molecule has 1 aromatic heterocycles. The van der Waals surface area contributed by atoms with Crippen molar-refractivity contribution >= 4 is 55.6 Å². The van der Waals surface area contributed by atoms with Gasteiger partial charge in [0.1, 0.15) is 6.04 Å². The van der Waals surface area contributed by atoms with E-state index in [1.807, 2.05) is 55.5 Å². The Morgan fingerprint density at radius 1 is 1.15 bits per heavy atom. The third kappa shape index (κ3) is 4.68. The Bertz CT molecular complexity index is 907. The average molecular weight is 386 g/mol. The molecule has 0 aliphatic carbocycles. The molecule has 1 heterocycles. The van der Waals surface area contributed by atoms with E-state index in [2.05, 4.69) is 26.5 Å². The SMILES string of the molecule is Cc1cccc(NC(=S)NNC(=O)[C@H](C)Nc2nc3ccccc3s2)c1. The molecule has 0 aliphatic rings. The lowest BCUT2D eigenvalue weighted by molar-refractivity contribution is -0.122. The summed E-state index contributed by atoms with van der Waals surface area (Å²) in [6, 6.07) is 15.2. The first-order chi connectivity index (χ1) is 12.5. The molecule has 134 valence electrons. The predicted molar refractivity (Wildman–Crippen MR) is 111 cm³/mol. The van der Waals surface area contributed by atoms with Crippen LogP contribution in [0.15, 0.2) is 48.5 Å². The number of benzene rings is 2. The highest BCUT2D eigenvalue weighted by atomic mass is 32.1. The maximum Gasteiger partial charge on any atom is 0.260 e. The van der Waals surface area contributed by atoms with Crippen molar-refractivity contribution < 1.29 is 4.79 Å². The number of para-hydroxylation sites is 1. The number of anilines is 2. The summed E-state index contributed by atoms with van der Waals surface area (Å²) < 4.78 is 1.07. The minimum Gasteiger partial charge on any atom is -0.350 e. The number of rotatable bonds is 4. The van der Waals surface area contributed by atoms with Crippen LogP contribution in [0.25, 0.3) is 10.2 Å². The van der Waals surface area contributed by atoms with Gasteiger partial charge >= 0.3 is 0 Å². The van der Waals surface area contributed by atoms with Gasteiger partial charge in [0, 0.05) is 5.69 Å². The van der Waals surface area contributed by atoms with E-state index < -0.39 is 6.04 Å². The zero-order valence-electron chi connectivity index (χ0n) is 14.4. The molecule has 2 aromatic carbocycles. The first-order valence-corrected chi connectivity index (χ1v) is 9.29. The number of nitrogens with zero attached hydrogens (tertiary/aromatic N) is 1. The summed E-state index contributed by atoms with van der Waals surface area (Å²) in [5.41, 5.74) is 8.19. The molecule has 8 heteroatoms. The molecule has 3 aromatic rings. The fourth-order valence-electron chi connectivity index (χ4n) is 2.30. The summed E-state index contributed by atoms with van der Waals surface area (Å²) >= 11 is 6.70. The van der Waals surface area contributed by atoms with E-state index in [9.17, 15) is 4.79 Å². The summed E-state index contributed by atoms with van der Waals surface area (Å²) in [4.78, 5) is 16.7. The summed E-state index contributed by atoms with van der Waals surface area (Å²) in [6.45, 7) is 3.76. The summed E-state index contributed by atoms with van der Waals surface area (Å²) in [5.74, 6) is -0.238. The Balaban J connectivity index is 1.50. The lowest BCUT2D eigenvalue weighted by atomic mass is 10.2. The molecule has 1 amide bonds. The molecule has 3 rings (SSSR count). The lowest BCUT2D eigenvalue weighted by Gasteiger charge is -2.15. The van der Waals surface area contributed by atoms with Gasteiger partial charge in [-0.1, -0.05) is 35.6 Å². The maximum absolute atomic E-state index is 12.2. The van der Waals surface area contributed by atoms with Crippen LogP contribution in [0.5, 0.6) is 0 Å². The van der Waals surface area contributed by atoms with Gasteiger partial charge in [-0.25, -0.2) is 4.98 Å². The van der Waals surface area contributed by atoms with E-state index in [-0.39, 0.29) is 5.91 Å². The second kappa shape index (κ2) is 8.11. The predicted octanol–water partition coefficient (Wildman–Crippen LogP) is 3.42. The Morgan fingerprint density at radius 2 is 1.96 bits per heavy atom. The van der Waals surface area contributed by atoms with E-state index in [1.165, 1.54) is 11.3 Å². The zero-order chi connectivity index (χ0) is 18.5. The highest BCUT2D eigenvalue weighted by Crippen LogP contribution is 2.25. The first-order valence-electron chi connectivity index (χ1n) is 8.07. The maximum atomic E-state index is 12.2. The van der Waals surface area contributed by atoms with Crippen LogP contribution < -0.4 is 21.5 Å². The van der Waals surface area contributed by atoms with Crippen LogP contribution in [0.4, 0.5) is 10.8 Å². The van der Waals surface area contributed by atoms with Gasteiger partial charge in [-0.05, 0) is 55.9 Å². The number of aryl methyl sites for hydroxylation is 1. The average Bonchev–Trinajstić information content (AvgIpc) is 3.01. The van der Waals surface area contributed by atoms with Gasteiger partial charge in [0.05, 0.1) is 10.2 Å². The van der Waals surface area contributed by atoms with E-state index in [1.54, 1.807) is 6.92 Å². The minimum absolute atomic E-state index is 0.238. The van der Waals surface area contributed by atoms with Gasteiger partial charge in [0.25, 0.3) is 5.91 Å². The van der Waals surface area contributed by atoms with Crippen LogP contribution in [-0.4, -0.2) is 22.0 Å². The number of amides is 1. The van der Waals surface area contributed by atoms with Crippen molar-refractivity contribution in [3.8, 4) is 0 Å². The van der Waals surface area contributed by atoms with Crippen LogP contribution >= 0.6 is 23.6 Å². The highest BCUT2D eigenvalue weighted by Gasteiger charge is 2.14. The van der Waals surface area contributed by atoms with Crippen LogP contribution in [0.2, 0.25) is 0 Å². The van der Waals surface area contributed by atoms with Crippen molar-refractivity contribution in [3.63, 3.8) is 0 Å². The van der Waals surface area contributed by atoms with Crippen LogP contribution in [0.3, 0.4) is 0 Å². The van der Waals surface area contributed by atoms with Gasteiger partial charge in [0.15, 0.2) is 10.2 Å². The second-order valence-corrected chi connectivity index (χ2v) is 7.23. The number of carbonyl (C=O) groups is 1. The number of hydrazine groups is 1. The van der Waals surface area contributed by atoms with E-state index in [4.69, 9.17) is 12.2 Å². The molecule has 6 nitrogen and oxygen atoms in total. The van der Waals surface area contributed by atoms with Crippen molar-refractivity contribution in [2.24, 2.45) is 0 Å². The van der Waals surface area contributed by atoms with E-state index in [0.717, 1.165) is 21.5 Å². The molecule has 0 saturated carbocycles. The molecule has 0 bridgehead atoms. The normalized spacial score (nSPS) is 11.6. The van der Waals surface area contributed by atoms with Gasteiger partial charge in [-0.15, -0.1) is 0 Å². The molecular formula is C18H19N5OS2. The van der Waals surface area contributed by atoms with Crippen LogP contribution in [0.1, 0.15) is 12.5 Å². The zero-order valence-corrected chi connectivity index (χ0v) is 16.0. The van der Waals surface area contributed by atoms with Crippen LogP contribution in [-0.2, 0) is 4.79 Å². The summed E-state index contributed by atoms with van der Waals surface area (Å²) in [6.07, 6.45) is 0. The van der Waals surface area contributed by atoms with Gasteiger partial charge in [-0.3, -0.25) is 15.6 Å². The van der Waals surface area contributed by atoms with Crippen molar-refractivity contribution in [1.82, 2.24) is 15.8 Å². The topological polar surface area (TPSA) is 78.1 Å². The van der Waals surface area contributed by atoms with Crippen molar-refractivity contribution in [1.29, 1.82) is 0 Å². The Hall–Kier alpha value is -2.71. The Morgan fingerprint density at radius 3 is 2.73 bits per heavy atom. The molecule has 0 unspecified atom stereocenters. The molecule has 26 heavy (non-hydrogen) atoms. The van der Waals surface area contributed by atoms with Gasteiger partial charge in [0.2, 0.25) is 0 Å². The van der Waals surface area contributed by atoms with Crippen molar-refractivity contribution in [2.75, 3.05) is 10.6 Å². The molecule has 4 N–H and O–H groups in total. The number of thiazole rings is 1. The smallest absolute Gasteiger partial charge is 0.260 e. The van der Waals surface area contributed by atoms with E-state index >= 15 is 0 Å². The quantitative estimate of drug-likeness (QED) is 0.407. The first kappa shape index (κ1) is 18.1. The number of aromatic nitrogens is 1. The van der Waals surface area contributed by atoms with Crippen LogP contribution in [0, 0.1) is 6.92 Å². The largest absolute Gasteiger partial charge is 0.350 e. The molecule has 0 spiro atoms. The van der Waals surface area contributed by atoms with Gasteiger partial charge < -0.3 is 10.6 Å². The van der Waals surface area contributed by atoms with Crippen molar-refractivity contribution in [2.45, 2.75) is 19.9 Å². The molecule has 0 saturated heterocycles. The molecular weight excluding hydrogens is 366 g/mol. The third-order valence-corrected chi connectivity index (χ3v) is 4.77. The second-order valence-electron chi connectivity index (χ2n) is 5.79. The molecule has 1 atom stereocenters. The minimum atomic E-state index is -0.468. The Labute approximate surface area is 161 Å². The number of thiocarbonyl (C=S) groups is 1. The number of nitrogens with one attached hydrogen (secondary N) is 4. The number of carbonyl (C=O) groups excluding carboxylic acids is 1. The molecule has 0 radical (unpaired) electrons. The fourth-order valence-corrected chi connectivity index (χ4v) is 3.42. The molecule has 0 aliphatic heterocycles. The number of fused-ring (bicyclic) bond motifs is 1. The number of hydrogen-bond donors (Lipinski definition) is 4. The monoisotopic (exact) mass is 385 g/mol. The van der Waals surface area contributed by atoms with E-state index in [0.29, 0.717) is 10.2 Å². The summed E-state index contributed by atoms with van der Waals surface area (Å²) in [5, 5.41) is 7.14. The standard InChI is InChI=1S/C18H19N5OS2/c1-11-6-5-7-13(10-11)20-17(25)23-22-16(24)12(2)19-18-21-14-8-3-4-9-15(14)26-18/h3-10,12H,1-2H3,(H,19,21)(H,22,24)(H2,20,23,25)/t12-/m0/s1. The summed E-state index contributed by atoms with van der Waals surface area (Å²) in [7, 11) is 0. The van der Waals surface area contributed by atoms with Crippen molar-refractivity contribution in [3.05, 3.63) is 54.1 Å². The van der Waals surface area contributed by atoms with Gasteiger partial charge in [-0.2, -0.15) is 0 Å². The lowest BCUT2D eigenvalue weighted by Crippen LogP contribution is -2.49. The fraction of sp³-hybridized carbons (Fsp3) is 0.167. The third-order valence-electron chi connectivity index (χ3n) is 3.60. The number of hydrogen-bond acceptors (Lipinski definition) is 5.